The first-order chi connectivity index (χ1) is 15.5. The van der Waals surface area contributed by atoms with E-state index in [4.69, 9.17) is 20.8 Å². The molecular weight excluding hydrogens is 470 g/mol. The summed E-state index contributed by atoms with van der Waals surface area (Å²) in [6, 6.07) is 8.65. The Morgan fingerprint density at radius 2 is 2.25 bits per heavy atom. The van der Waals surface area contributed by atoms with Crippen LogP contribution in [0, 0.1) is 0 Å². The van der Waals surface area contributed by atoms with Crippen LogP contribution in [-0.4, -0.2) is 28.7 Å². The smallest absolute Gasteiger partial charge is 0.260 e. The number of hydrogen-bond donors (Lipinski definition) is 2. The molecule has 0 aliphatic carbocycles. The third-order valence-corrected chi connectivity index (χ3v) is 7.04. The first-order valence-corrected chi connectivity index (χ1v) is 12.1. The number of amides is 1. The van der Waals surface area contributed by atoms with Gasteiger partial charge in [-0.25, -0.2) is 4.98 Å². The molecule has 0 bridgehead atoms. The maximum Gasteiger partial charge on any atom is 0.260 e. The number of carbonyl (C=O) groups is 1. The lowest BCUT2D eigenvalue weighted by molar-refractivity contribution is -0.115. The van der Waals surface area contributed by atoms with Gasteiger partial charge < -0.3 is 19.5 Å². The number of carbonyl (C=O) groups excluding carboxylic acids is 1. The summed E-state index contributed by atoms with van der Waals surface area (Å²) >= 11 is 8.95. The summed E-state index contributed by atoms with van der Waals surface area (Å²) < 4.78 is 10.7. The molecule has 1 aromatic carbocycles. The average Bonchev–Trinajstić information content (AvgIpc) is 3.43. The van der Waals surface area contributed by atoms with E-state index in [-0.39, 0.29) is 16.7 Å². The number of aromatic nitrogens is 2. The number of benzene rings is 1. The summed E-state index contributed by atoms with van der Waals surface area (Å²) in [4.78, 5) is 33.3. The van der Waals surface area contributed by atoms with Crippen LogP contribution in [0.1, 0.15) is 24.4 Å². The molecule has 32 heavy (non-hydrogen) atoms. The molecule has 0 saturated carbocycles. The van der Waals surface area contributed by atoms with Gasteiger partial charge in [0.1, 0.15) is 22.2 Å². The molecule has 2 N–H and O–H groups in total. The van der Waals surface area contributed by atoms with Crippen LogP contribution >= 0.6 is 34.7 Å². The fourth-order valence-electron chi connectivity index (χ4n) is 3.17. The second-order valence-corrected chi connectivity index (χ2v) is 9.66. The third kappa shape index (κ3) is 4.85. The molecule has 4 rings (SSSR count). The van der Waals surface area contributed by atoms with E-state index in [0.29, 0.717) is 50.4 Å². The van der Waals surface area contributed by atoms with Crippen LogP contribution < -0.4 is 15.6 Å². The number of nitrogens with zero attached hydrogens (tertiary/aromatic N) is 1. The highest BCUT2D eigenvalue weighted by molar-refractivity contribution is 7.99. The first kappa shape index (κ1) is 22.4. The Morgan fingerprint density at radius 1 is 1.41 bits per heavy atom. The lowest BCUT2D eigenvalue weighted by Crippen LogP contribution is -2.14. The highest BCUT2D eigenvalue weighted by Crippen LogP contribution is 2.33. The number of rotatable bonds is 8. The van der Waals surface area contributed by atoms with Crippen molar-refractivity contribution in [1.29, 1.82) is 0 Å². The van der Waals surface area contributed by atoms with Crippen molar-refractivity contribution in [3.05, 3.63) is 63.2 Å². The van der Waals surface area contributed by atoms with Crippen LogP contribution in [-0.2, 0) is 4.79 Å². The molecule has 0 spiro atoms. The van der Waals surface area contributed by atoms with Crippen molar-refractivity contribution in [2.45, 2.75) is 18.6 Å². The molecule has 0 aliphatic heterocycles. The van der Waals surface area contributed by atoms with Crippen molar-refractivity contribution in [3.8, 4) is 17.1 Å². The van der Waals surface area contributed by atoms with Crippen molar-refractivity contribution >= 4 is 56.5 Å². The quantitative estimate of drug-likeness (QED) is 0.328. The van der Waals surface area contributed by atoms with Crippen LogP contribution in [0.15, 0.2) is 51.2 Å². The van der Waals surface area contributed by atoms with Gasteiger partial charge in [-0.2, -0.15) is 11.8 Å². The zero-order chi connectivity index (χ0) is 22.7. The van der Waals surface area contributed by atoms with E-state index in [9.17, 15) is 9.59 Å². The number of halogens is 1. The maximum atomic E-state index is 12.7. The predicted molar refractivity (Wildman–Crippen MR) is 130 cm³/mol. The van der Waals surface area contributed by atoms with Crippen molar-refractivity contribution < 1.29 is 13.9 Å². The van der Waals surface area contributed by atoms with Crippen molar-refractivity contribution in [1.82, 2.24) is 9.97 Å². The minimum absolute atomic E-state index is 0.0882. The topological polar surface area (TPSA) is 97.2 Å². The number of ether oxygens (including phenoxy) is 1. The molecule has 3 aromatic heterocycles. The zero-order valence-electron chi connectivity index (χ0n) is 17.3. The molecule has 4 aromatic rings. The summed E-state index contributed by atoms with van der Waals surface area (Å²) in [7, 11) is 1.53. The lowest BCUT2D eigenvalue weighted by Gasteiger charge is -2.12. The summed E-state index contributed by atoms with van der Waals surface area (Å²) in [6.45, 7) is 1.95. The maximum absolute atomic E-state index is 12.7. The number of anilines is 1. The first-order valence-electron chi connectivity index (χ1n) is 9.76. The fraction of sp³-hybridized carbons (Fsp3) is 0.227. The lowest BCUT2D eigenvalue weighted by atomic mass is 10.2. The Labute approximate surface area is 197 Å². The number of H-pyrrole nitrogens is 1. The van der Waals surface area contributed by atoms with E-state index < -0.39 is 0 Å². The monoisotopic (exact) mass is 489 g/mol. The molecule has 10 heteroatoms. The summed E-state index contributed by atoms with van der Waals surface area (Å²) in [5.74, 6) is 2.17. The van der Waals surface area contributed by atoms with Gasteiger partial charge in [0.15, 0.2) is 0 Å². The number of thiophene rings is 1. The standard InChI is InChI=1S/C22H20ClN3O4S2/c1-12(31-9-7-18(27)24-15-10-13(23)5-6-17(15)29-2)20-25-21(28)19-14(11-32-22(19)26-20)16-4-3-8-30-16/h3-6,8,10-12H,7,9H2,1-2H3,(H,24,27)(H,25,26,28). The van der Waals surface area contributed by atoms with Gasteiger partial charge in [0, 0.05) is 28.1 Å². The number of methoxy groups -OCH3 is 1. The average molecular weight is 490 g/mol. The van der Waals surface area contributed by atoms with Gasteiger partial charge in [0.05, 0.1) is 29.7 Å². The van der Waals surface area contributed by atoms with Crippen molar-refractivity contribution in [2.24, 2.45) is 0 Å². The molecule has 166 valence electrons. The Kier molecular flexibility index (Phi) is 6.88. The molecule has 0 radical (unpaired) electrons. The van der Waals surface area contributed by atoms with Crippen LogP contribution in [0.5, 0.6) is 5.75 Å². The van der Waals surface area contributed by atoms with Gasteiger partial charge in [0.25, 0.3) is 5.56 Å². The predicted octanol–water partition coefficient (Wildman–Crippen LogP) is 5.73. The SMILES string of the molecule is COc1ccc(Cl)cc1NC(=O)CCSC(C)c1nc2scc(-c3ccco3)c2c(=O)[nH]1. The Balaban J connectivity index is 1.39. The van der Waals surface area contributed by atoms with Crippen molar-refractivity contribution in [3.63, 3.8) is 0 Å². The molecule has 1 unspecified atom stereocenters. The molecule has 0 aliphatic rings. The Morgan fingerprint density at radius 3 is 3.00 bits per heavy atom. The molecule has 1 amide bonds. The number of thioether (sulfide) groups is 1. The third-order valence-electron chi connectivity index (χ3n) is 4.77. The number of nitrogens with one attached hydrogen (secondary N) is 2. The molecule has 3 heterocycles. The van der Waals surface area contributed by atoms with E-state index in [1.807, 2.05) is 18.4 Å². The van der Waals surface area contributed by atoms with E-state index in [1.54, 1.807) is 30.5 Å². The van der Waals surface area contributed by atoms with Gasteiger partial charge >= 0.3 is 0 Å². The van der Waals surface area contributed by atoms with Crippen LogP contribution in [0.3, 0.4) is 0 Å². The van der Waals surface area contributed by atoms with Crippen LogP contribution in [0.25, 0.3) is 21.5 Å². The van der Waals surface area contributed by atoms with E-state index >= 15 is 0 Å². The largest absolute Gasteiger partial charge is 0.495 e. The second kappa shape index (κ2) is 9.81. The highest BCUT2D eigenvalue weighted by Gasteiger charge is 2.18. The number of fused-ring (bicyclic) bond motifs is 1. The van der Waals surface area contributed by atoms with E-state index in [2.05, 4.69) is 15.3 Å². The molecule has 0 saturated heterocycles. The van der Waals surface area contributed by atoms with Crippen LogP contribution in [0.4, 0.5) is 5.69 Å². The number of hydrogen-bond acceptors (Lipinski definition) is 7. The number of furan rings is 1. The van der Waals surface area contributed by atoms with Gasteiger partial charge in [0.2, 0.25) is 5.91 Å². The normalized spacial score (nSPS) is 12.1. The molecule has 0 fully saturated rings. The van der Waals surface area contributed by atoms with Crippen LogP contribution in [0.2, 0.25) is 5.02 Å². The van der Waals surface area contributed by atoms with Gasteiger partial charge in [-0.15, -0.1) is 11.3 Å². The fourth-order valence-corrected chi connectivity index (χ4v) is 5.20. The number of aromatic amines is 1. The van der Waals surface area contributed by atoms with Gasteiger partial charge in [-0.05, 0) is 37.3 Å². The minimum Gasteiger partial charge on any atom is -0.495 e. The van der Waals surface area contributed by atoms with Gasteiger partial charge in [-0.1, -0.05) is 11.6 Å². The summed E-state index contributed by atoms with van der Waals surface area (Å²) in [6.07, 6.45) is 1.87. The highest BCUT2D eigenvalue weighted by atomic mass is 35.5. The summed E-state index contributed by atoms with van der Waals surface area (Å²) in [5.41, 5.74) is 1.07. The Hall–Kier alpha value is -2.75. The van der Waals surface area contributed by atoms with Crippen molar-refractivity contribution in [2.75, 3.05) is 18.2 Å². The van der Waals surface area contributed by atoms with E-state index in [1.165, 1.54) is 30.2 Å². The van der Waals surface area contributed by atoms with Gasteiger partial charge in [-0.3, -0.25) is 9.59 Å². The Bertz CT molecular complexity index is 1300. The zero-order valence-corrected chi connectivity index (χ0v) is 19.7. The molecule has 7 nitrogen and oxygen atoms in total. The second-order valence-electron chi connectivity index (χ2n) is 6.91. The van der Waals surface area contributed by atoms with E-state index in [0.717, 1.165) is 5.56 Å². The summed E-state index contributed by atoms with van der Waals surface area (Å²) in [5, 5.41) is 5.65. The minimum atomic E-state index is -0.198. The molecular formula is C22H20ClN3O4S2. The molecule has 1 atom stereocenters.